The first-order valence-electron chi connectivity index (χ1n) is 10.6. The Morgan fingerprint density at radius 2 is 1.42 bits per heavy atom. The second-order valence-corrected chi connectivity index (χ2v) is 7.91. The van der Waals surface area contributed by atoms with E-state index in [0.717, 1.165) is 32.4 Å². The highest BCUT2D eigenvalue weighted by Crippen LogP contribution is 2.24. The maximum atomic E-state index is 12.7. The Morgan fingerprint density at radius 1 is 0.833 bits per heavy atom. The van der Waals surface area contributed by atoms with Gasteiger partial charge in [-0.3, -0.25) is 4.79 Å². The zero-order valence-corrected chi connectivity index (χ0v) is 16.7. The molecule has 0 atom stereocenters. The molecule has 0 bridgehead atoms. The summed E-state index contributed by atoms with van der Waals surface area (Å²) in [5, 5.41) is 0. The molecule has 0 aliphatic heterocycles. The number of carbonyl (C=O) groups is 1. The van der Waals surface area contributed by atoms with Crippen molar-refractivity contribution in [3.63, 3.8) is 0 Å². The number of hydrogen-bond donors (Lipinski definition) is 0. The van der Waals surface area contributed by atoms with Crippen LogP contribution in [0.2, 0.25) is 0 Å². The van der Waals surface area contributed by atoms with Crippen LogP contribution < -0.4 is 0 Å². The van der Waals surface area contributed by atoms with Crippen LogP contribution >= 0.6 is 0 Å². The Labute approximate surface area is 151 Å². The molecule has 142 valence electrons. The Kier molecular flexibility index (Phi) is 12.2. The number of nitrogens with zero attached hydrogens (tertiary/aromatic N) is 2. The number of amides is 1. The largest absolute Gasteiger partial charge is 0.340 e. The summed E-state index contributed by atoms with van der Waals surface area (Å²) in [5.74, 6) is 0.423. The van der Waals surface area contributed by atoms with Gasteiger partial charge in [0, 0.05) is 19.0 Å². The average molecular weight is 339 g/mol. The van der Waals surface area contributed by atoms with E-state index in [1.165, 1.54) is 70.6 Å². The summed E-state index contributed by atoms with van der Waals surface area (Å²) in [5.41, 5.74) is 0. The Bertz CT molecular complexity index is 311. The zero-order chi connectivity index (χ0) is 17.6. The molecular weight excluding hydrogens is 296 g/mol. The molecule has 0 saturated heterocycles. The SMILES string of the molecule is CCCCCCCCCCC(=O)N(CCCN(C)C)C1CCCC1. The van der Waals surface area contributed by atoms with E-state index in [4.69, 9.17) is 0 Å². The molecule has 1 saturated carbocycles. The first-order valence-corrected chi connectivity index (χ1v) is 10.6. The van der Waals surface area contributed by atoms with E-state index in [2.05, 4.69) is 30.8 Å². The summed E-state index contributed by atoms with van der Waals surface area (Å²) in [6.07, 6.45) is 17.4. The van der Waals surface area contributed by atoms with Crippen LogP contribution in [0.25, 0.3) is 0 Å². The van der Waals surface area contributed by atoms with E-state index in [1.54, 1.807) is 0 Å². The molecule has 1 fully saturated rings. The summed E-state index contributed by atoms with van der Waals surface area (Å²) in [6.45, 7) is 4.30. The number of unbranched alkanes of at least 4 members (excludes halogenated alkanes) is 7. The summed E-state index contributed by atoms with van der Waals surface area (Å²) >= 11 is 0. The van der Waals surface area contributed by atoms with Crippen LogP contribution in [0.3, 0.4) is 0 Å². The molecule has 3 heteroatoms. The van der Waals surface area contributed by atoms with E-state index in [9.17, 15) is 4.79 Å². The van der Waals surface area contributed by atoms with E-state index < -0.39 is 0 Å². The van der Waals surface area contributed by atoms with Gasteiger partial charge < -0.3 is 9.80 Å². The van der Waals surface area contributed by atoms with Gasteiger partial charge in [0.25, 0.3) is 0 Å². The molecule has 1 amide bonds. The molecule has 3 nitrogen and oxygen atoms in total. The first kappa shape index (κ1) is 21.5. The highest BCUT2D eigenvalue weighted by atomic mass is 16.2. The fourth-order valence-electron chi connectivity index (χ4n) is 3.84. The zero-order valence-electron chi connectivity index (χ0n) is 16.7. The van der Waals surface area contributed by atoms with E-state index >= 15 is 0 Å². The van der Waals surface area contributed by atoms with Crippen LogP contribution in [0.1, 0.15) is 96.8 Å². The lowest BCUT2D eigenvalue weighted by molar-refractivity contribution is -0.133. The molecule has 0 N–H and O–H groups in total. The molecule has 0 aromatic carbocycles. The smallest absolute Gasteiger partial charge is 0.222 e. The lowest BCUT2D eigenvalue weighted by Crippen LogP contribution is -2.40. The van der Waals surface area contributed by atoms with Gasteiger partial charge in [0.15, 0.2) is 0 Å². The minimum Gasteiger partial charge on any atom is -0.340 e. The van der Waals surface area contributed by atoms with Crippen molar-refractivity contribution >= 4 is 5.91 Å². The maximum absolute atomic E-state index is 12.7. The van der Waals surface area contributed by atoms with Crippen LogP contribution in [0.15, 0.2) is 0 Å². The lowest BCUT2D eigenvalue weighted by atomic mass is 10.1. The monoisotopic (exact) mass is 338 g/mol. The minimum absolute atomic E-state index is 0.423. The first-order chi connectivity index (χ1) is 11.6. The third kappa shape index (κ3) is 9.66. The van der Waals surface area contributed by atoms with Crippen LogP contribution in [0, 0.1) is 0 Å². The van der Waals surface area contributed by atoms with Gasteiger partial charge in [0.1, 0.15) is 0 Å². The topological polar surface area (TPSA) is 23.6 Å². The van der Waals surface area contributed by atoms with Gasteiger partial charge in [-0.1, -0.05) is 64.7 Å². The molecule has 1 rings (SSSR count). The highest BCUT2D eigenvalue weighted by molar-refractivity contribution is 5.76. The van der Waals surface area contributed by atoms with Gasteiger partial charge in [-0.25, -0.2) is 0 Å². The summed E-state index contributed by atoms with van der Waals surface area (Å²) in [4.78, 5) is 17.1. The van der Waals surface area contributed by atoms with Gasteiger partial charge in [0.2, 0.25) is 5.91 Å². The van der Waals surface area contributed by atoms with Crippen LogP contribution in [0.5, 0.6) is 0 Å². The standard InChI is InChI=1S/C21H42N2O/c1-4-5-6-7-8-9-10-11-17-21(24)23(19-14-18-22(2)3)20-15-12-13-16-20/h20H,4-19H2,1-3H3. The third-order valence-corrected chi connectivity index (χ3v) is 5.33. The minimum atomic E-state index is 0.423. The van der Waals surface area contributed by atoms with Crippen molar-refractivity contribution in [2.24, 2.45) is 0 Å². The molecule has 1 aliphatic carbocycles. The number of rotatable bonds is 14. The average Bonchev–Trinajstić information content (AvgIpc) is 3.07. The number of carbonyl (C=O) groups excluding carboxylic acids is 1. The molecule has 0 unspecified atom stereocenters. The molecule has 0 aromatic rings. The van der Waals surface area contributed by atoms with Crippen molar-refractivity contribution < 1.29 is 4.79 Å². The fourth-order valence-corrected chi connectivity index (χ4v) is 3.84. The van der Waals surface area contributed by atoms with Crippen molar-refractivity contribution in [2.75, 3.05) is 27.2 Å². The molecule has 0 radical (unpaired) electrons. The molecule has 0 spiro atoms. The van der Waals surface area contributed by atoms with Gasteiger partial charge in [0.05, 0.1) is 0 Å². The van der Waals surface area contributed by atoms with E-state index in [1.807, 2.05) is 0 Å². The Hall–Kier alpha value is -0.570. The molecule has 0 aromatic heterocycles. The number of hydrogen-bond acceptors (Lipinski definition) is 2. The quantitative estimate of drug-likeness (QED) is 0.404. The lowest BCUT2D eigenvalue weighted by Gasteiger charge is -2.29. The highest BCUT2D eigenvalue weighted by Gasteiger charge is 2.25. The van der Waals surface area contributed by atoms with Gasteiger partial charge >= 0.3 is 0 Å². The second-order valence-electron chi connectivity index (χ2n) is 7.91. The van der Waals surface area contributed by atoms with Crippen LogP contribution in [0.4, 0.5) is 0 Å². The molecular formula is C21H42N2O. The summed E-state index contributed by atoms with van der Waals surface area (Å²) in [6, 6.07) is 0.536. The van der Waals surface area contributed by atoms with Crippen molar-refractivity contribution in [2.45, 2.75) is 103 Å². The summed E-state index contributed by atoms with van der Waals surface area (Å²) < 4.78 is 0. The predicted molar refractivity (Wildman–Crippen MR) is 104 cm³/mol. The molecule has 1 aliphatic rings. The summed E-state index contributed by atoms with van der Waals surface area (Å²) in [7, 11) is 4.23. The van der Waals surface area contributed by atoms with Gasteiger partial charge in [-0.05, 0) is 46.3 Å². The van der Waals surface area contributed by atoms with Crippen LogP contribution in [-0.4, -0.2) is 48.9 Å². The Balaban J connectivity index is 2.20. The third-order valence-electron chi connectivity index (χ3n) is 5.33. The van der Waals surface area contributed by atoms with Crippen molar-refractivity contribution in [3.8, 4) is 0 Å². The normalized spacial score (nSPS) is 15.3. The van der Waals surface area contributed by atoms with Crippen LogP contribution in [-0.2, 0) is 4.79 Å². The predicted octanol–water partition coefficient (Wildman–Crippen LogP) is 5.24. The van der Waals surface area contributed by atoms with E-state index in [0.29, 0.717) is 11.9 Å². The maximum Gasteiger partial charge on any atom is 0.222 e. The van der Waals surface area contributed by atoms with Crippen molar-refractivity contribution in [3.05, 3.63) is 0 Å². The molecule has 24 heavy (non-hydrogen) atoms. The van der Waals surface area contributed by atoms with Crippen molar-refractivity contribution in [1.82, 2.24) is 9.80 Å². The van der Waals surface area contributed by atoms with E-state index in [-0.39, 0.29) is 0 Å². The molecule has 0 heterocycles. The fraction of sp³-hybridized carbons (Fsp3) is 0.952. The van der Waals surface area contributed by atoms with Gasteiger partial charge in [-0.2, -0.15) is 0 Å². The second kappa shape index (κ2) is 13.7. The van der Waals surface area contributed by atoms with Crippen molar-refractivity contribution in [1.29, 1.82) is 0 Å². The van der Waals surface area contributed by atoms with Gasteiger partial charge in [-0.15, -0.1) is 0 Å². The Morgan fingerprint density at radius 3 is 2.00 bits per heavy atom.